The molecule has 50 valence electrons. The van der Waals surface area contributed by atoms with Crippen molar-refractivity contribution in [3.05, 3.63) is 24.8 Å². The molecule has 1 atom stereocenters. The Morgan fingerprint density at radius 1 is 1.20 bits per heavy atom. The van der Waals surface area contributed by atoms with Crippen LogP contribution in [-0.4, -0.2) is 31.2 Å². The molecule has 0 N–H and O–H groups in total. The fourth-order valence-corrected chi connectivity index (χ4v) is 1.52. The van der Waals surface area contributed by atoms with E-state index in [-0.39, 0.29) is 0 Å². The molecule has 4 heteroatoms. The predicted octanol–water partition coefficient (Wildman–Crippen LogP) is -1.01. The second-order valence-corrected chi connectivity index (χ2v) is 3.12. The molecule has 0 fully saturated rings. The molecule has 0 aliphatic rings. The summed E-state index contributed by atoms with van der Waals surface area (Å²) in [7, 11) is 0. The van der Waals surface area contributed by atoms with Crippen molar-refractivity contribution in [1.29, 1.82) is 0 Å². The Balaban J connectivity index is 2.95. The van der Waals surface area contributed by atoms with Gasteiger partial charge in [0.15, 0.2) is 0 Å². The van der Waals surface area contributed by atoms with Crippen LogP contribution in [0.1, 0.15) is 0 Å². The van der Waals surface area contributed by atoms with Gasteiger partial charge in [-0.1, -0.05) is 0 Å². The Morgan fingerprint density at radius 2 is 1.90 bits per heavy atom. The third kappa shape index (κ3) is 0.745. The van der Waals surface area contributed by atoms with E-state index in [4.69, 9.17) is 0 Å². The molecule has 2 rings (SSSR count). The van der Waals surface area contributed by atoms with E-state index in [1.807, 2.05) is 16.8 Å². The van der Waals surface area contributed by atoms with Gasteiger partial charge in [-0.15, -0.1) is 0 Å². The Labute approximate surface area is 66.6 Å². The summed E-state index contributed by atoms with van der Waals surface area (Å²) in [5.41, 5.74) is 0.961. The van der Waals surface area contributed by atoms with E-state index in [0.717, 1.165) is 10.1 Å². The second kappa shape index (κ2) is 2.10. The number of rotatable bonds is 0. The van der Waals surface area contributed by atoms with Crippen molar-refractivity contribution in [2.75, 3.05) is 0 Å². The predicted molar refractivity (Wildman–Crippen MR) is 41.2 cm³/mol. The van der Waals surface area contributed by atoms with E-state index in [0.29, 0.717) is 0 Å². The van der Waals surface area contributed by atoms with Crippen molar-refractivity contribution in [2.24, 2.45) is 0 Å². The summed E-state index contributed by atoms with van der Waals surface area (Å²) in [5.74, 6) is 0. The first-order chi connectivity index (χ1) is 4.88. The zero-order chi connectivity index (χ0) is 6.97. The van der Waals surface area contributed by atoms with Gasteiger partial charge in [0.25, 0.3) is 0 Å². The van der Waals surface area contributed by atoms with E-state index < -0.39 is 0 Å². The molecular weight excluding hydrogens is 189 g/mol. The molecule has 0 saturated heterocycles. The summed E-state index contributed by atoms with van der Waals surface area (Å²) < 4.78 is 2.99. The maximum atomic E-state index is 4.13. The van der Waals surface area contributed by atoms with Crippen molar-refractivity contribution in [3.8, 4) is 0 Å². The van der Waals surface area contributed by atoms with E-state index >= 15 is 0 Å². The maximum absolute atomic E-state index is 4.13. The Kier molecular flexibility index (Phi) is 1.24. The number of aromatic nitrogens is 3. The molecule has 0 bridgehead atoms. The minimum absolute atomic E-state index is 0.961. The van der Waals surface area contributed by atoms with Crippen molar-refractivity contribution in [1.82, 2.24) is 14.4 Å². The van der Waals surface area contributed by atoms with Crippen LogP contribution in [0, 0.1) is 0 Å². The SMILES string of the molecule is [AsH2]c1nccn2ccnc12. The van der Waals surface area contributed by atoms with Crippen LogP contribution in [0.15, 0.2) is 24.8 Å². The Bertz CT molecular complexity index is 355. The molecule has 1 unspecified atom stereocenters. The van der Waals surface area contributed by atoms with Gasteiger partial charge in [-0.25, -0.2) is 0 Å². The number of imidazole rings is 1. The number of hydrogen-bond acceptors (Lipinski definition) is 2. The molecule has 0 spiro atoms. The van der Waals surface area contributed by atoms with Crippen molar-refractivity contribution in [3.63, 3.8) is 0 Å². The van der Waals surface area contributed by atoms with Crippen LogP contribution in [0.2, 0.25) is 0 Å². The van der Waals surface area contributed by atoms with Gasteiger partial charge in [0.1, 0.15) is 0 Å². The van der Waals surface area contributed by atoms with Crippen LogP contribution in [0.5, 0.6) is 0 Å². The zero-order valence-electron chi connectivity index (χ0n) is 5.23. The van der Waals surface area contributed by atoms with Crippen LogP contribution in [0.3, 0.4) is 0 Å². The van der Waals surface area contributed by atoms with Crippen LogP contribution >= 0.6 is 0 Å². The van der Waals surface area contributed by atoms with Gasteiger partial charge in [0.2, 0.25) is 0 Å². The number of hydrogen-bond donors (Lipinski definition) is 0. The van der Waals surface area contributed by atoms with E-state index in [1.165, 1.54) is 16.9 Å². The summed E-state index contributed by atoms with van der Waals surface area (Å²) in [6.07, 6.45) is 7.37. The number of nitrogens with zero attached hydrogens (tertiary/aromatic N) is 3. The molecular formula is C6H6AsN3. The van der Waals surface area contributed by atoms with Gasteiger partial charge in [-0.2, -0.15) is 0 Å². The first-order valence-corrected chi connectivity index (χ1v) is 4.12. The van der Waals surface area contributed by atoms with Crippen LogP contribution < -0.4 is 4.48 Å². The fraction of sp³-hybridized carbons (Fsp3) is 0. The van der Waals surface area contributed by atoms with Crippen molar-refractivity contribution < 1.29 is 0 Å². The summed E-state index contributed by atoms with van der Waals surface area (Å²) in [6.45, 7) is 0. The average Bonchev–Trinajstić information content (AvgIpc) is 2.36. The molecule has 2 aromatic rings. The topological polar surface area (TPSA) is 30.2 Å². The van der Waals surface area contributed by atoms with Gasteiger partial charge in [0.05, 0.1) is 0 Å². The van der Waals surface area contributed by atoms with Gasteiger partial charge < -0.3 is 0 Å². The summed E-state index contributed by atoms with van der Waals surface area (Å²) in [4.78, 5) is 8.26. The molecule has 3 nitrogen and oxygen atoms in total. The minimum atomic E-state index is 0.961. The van der Waals surface area contributed by atoms with Crippen molar-refractivity contribution >= 4 is 27.0 Å². The Hall–Kier alpha value is -0.822. The molecule has 0 aliphatic carbocycles. The molecule has 0 amide bonds. The molecule has 0 aliphatic heterocycles. The number of fused-ring (bicyclic) bond motifs is 1. The third-order valence-electron chi connectivity index (χ3n) is 1.34. The molecule has 2 heterocycles. The van der Waals surface area contributed by atoms with Gasteiger partial charge in [-0.05, 0) is 0 Å². The van der Waals surface area contributed by atoms with E-state index in [2.05, 4.69) is 9.97 Å². The van der Waals surface area contributed by atoms with Gasteiger partial charge in [-0.3, -0.25) is 0 Å². The summed E-state index contributed by atoms with van der Waals surface area (Å²) in [6, 6.07) is 0. The third-order valence-corrected chi connectivity index (χ3v) is 2.19. The Morgan fingerprint density at radius 3 is 2.60 bits per heavy atom. The van der Waals surface area contributed by atoms with E-state index in [1.54, 1.807) is 12.4 Å². The van der Waals surface area contributed by atoms with Crippen LogP contribution in [0.4, 0.5) is 0 Å². The quantitative estimate of drug-likeness (QED) is 0.504. The monoisotopic (exact) mass is 195 g/mol. The molecule has 0 radical (unpaired) electrons. The van der Waals surface area contributed by atoms with Crippen molar-refractivity contribution in [2.45, 2.75) is 0 Å². The zero-order valence-corrected chi connectivity index (χ0v) is 7.65. The van der Waals surface area contributed by atoms with Crippen LogP contribution in [-0.2, 0) is 0 Å². The molecule has 10 heavy (non-hydrogen) atoms. The fourth-order valence-electron chi connectivity index (χ4n) is 0.875. The molecule has 0 aromatic carbocycles. The van der Waals surface area contributed by atoms with E-state index in [9.17, 15) is 0 Å². The summed E-state index contributed by atoms with van der Waals surface area (Å²) >= 11 is 1.50. The first kappa shape index (κ1) is 5.93. The molecule has 0 saturated carbocycles. The van der Waals surface area contributed by atoms with Crippen LogP contribution in [0.25, 0.3) is 5.65 Å². The molecule has 2 aromatic heterocycles. The average molecular weight is 195 g/mol. The normalized spacial score (nSPS) is 10.5. The van der Waals surface area contributed by atoms with Gasteiger partial charge >= 0.3 is 66.1 Å². The standard InChI is InChI=1S/C6H6AsN3/c7-5-6-9-2-4-10(6)3-1-8-5/h1-4H,7H2. The van der Waals surface area contributed by atoms with Gasteiger partial charge in [0, 0.05) is 0 Å². The first-order valence-electron chi connectivity index (χ1n) is 2.91. The summed E-state index contributed by atoms with van der Waals surface area (Å²) in [5, 5.41) is 0. The second-order valence-electron chi connectivity index (χ2n) is 1.97.